The van der Waals surface area contributed by atoms with Crippen LogP contribution in [0.5, 0.6) is 5.75 Å². The van der Waals surface area contributed by atoms with E-state index in [1.807, 2.05) is 0 Å². The summed E-state index contributed by atoms with van der Waals surface area (Å²) in [4.78, 5) is 24.7. The van der Waals surface area contributed by atoms with Gasteiger partial charge in [0.25, 0.3) is 5.91 Å². The van der Waals surface area contributed by atoms with E-state index in [2.05, 4.69) is 0 Å². The number of ether oxygens (including phenoxy) is 1. The molecule has 1 saturated heterocycles. The van der Waals surface area contributed by atoms with Crippen LogP contribution in [0.25, 0.3) is 0 Å². The molecule has 0 aromatic heterocycles. The maximum Gasteiger partial charge on any atom is 0.311 e. The second kappa shape index (κ2) is 6.12. The van der Waals surface area contributed by atoms with Crippen LogP contribution in [-0.4, -0.2) is 41.6 Å². The summed E-state index contributed by atoms with van der Waals surface area (Å²) >= 11 is 11.9. The first-order chi connectivity index (χ1) is 9.83. The first kappa shape index (κ1) is 15.9. The Morgan fingerprint density at radius 1 is 1.38 bits per heavy atom. The predicted octanol–water partition coefficient (Wildman–Crippen LogP) is 2.70. The highest BCUT2D eigenvalue weighted by atomic mass is 35.5. The zero-order valence-electron chi connectivity index (χ0n) is 11.4. The number of hydrogen-bond acceptors (Lipinski definition) is 3. The summed E-state index contributed by atoms with van der Waals surface area (Å²) in [5.41, 5.74) is -0.891. The highest BCUT2D eigenvalue weighted by Crippen LogP contribution is 2.33. The summed E-state index contributed by atoms with van der Waals surface area (Å²) in [5, 5.41) is 9.80. The van der Waals surface area contributed by atoms with Crippen molar-refractivity contribution in [1.82, 2.24) is 4.90 Å². The van der Waals surface area contributed by atoms with Crippen molar-refractivity contribution >= 4 is 35.1 Å². The lowest BCUT2D eigenvalue weighted by Crippen LogP contribution is -2.37. The van der Waals surface area contributed by atoms with E-state index >= 15 is 0 Å². The van der Waals surface area contributed by atoms with E-state index in [4.69, 9.17) is 33.0 Å². The van der Waals surface area contributed by atoms with Crippen LogP contribution in [0, 0.1) is 5.41 Å². The zero-order valence-corrected chi connectivity index (χ0v) is 12.9. The lowest BCUT2D eigenvalue weighted by molar-refractivity contribution is -0.147. The Balaban J connectivity index is 1.96. The Bertz CT molecular complexity index is 558. The number of halogens is 2. The lowest BCUT2D eigenvalue weighted by atomic mass is 9.90. The van der Waals surface area contributed by atoms with Crippen LogP contribution in [-0.2, 0) is 9.59 Å². The first-order valence-electron chi connectivity index (χ1n) is 6.41. The number of nitrogens with zero attached hydrogens (tertiary/aromatic N) is 1. The maximum atomic E-state index is 12.1. The largest absolute Gasteiger partial charge is 0.481 e. The van der Waals surface area contributed by atoms with Crippen LogP contribution in [0.1, 0.15) is 13.3 Å². The molecule has 0 radical (unpaired) electrons. The van der Waals surface area contributed by atoms with Gasteiger partial charge in [-0.25, -0.2) is 0 Å². The van der Waals surface area contributed by atoms with Gasteiger partial charge in [-0.1, -0.05) is 29.3 Å². The number of carbonyl (C=O) groups excluding carboxylic acids is 1. The molecule has 0 saturated carbocycles. The molecule has 2 rings (SSSR count). The molecule has 21 heavy (non-hydrogen) atoms. The quantitative estimate of drug-likeness (QED) is 0.921. The van der Waals surface area contributed by atoms with Crippen LogP contribution in [0.2, 0.25) is 10.0 Å². The van der Waals surface area contributed by atoms with Crippen molar-refractivity contribution < 1.29 is 19.4 Å². The van der Waals surface area contributed by atoms with Crippen LogP contribution >= 0.6 is 23.2 Å². The third-order valence-electron chi connectivity index (χ3n) is 3.60. The average Bonchev–Trinajstić information content (AvgIpc) is 2.82. The third-order valence-corrected chi connectivity index (χ3v) is 4.20. The molecule has 1 unspecified atom stereocenters. The molecular weight excluding hydrogens is 317 g/mol. The zero-order chi connectivity index (χ0) is 15.6. The second-order valence-electron chi connectivity index (χ2n) is 5.27. The van der Waals surface area contributed by atoms with Crippen molar-refractivity contribution in [3.05, 3.63) is 28.2 Å². The van der Waals surface area contributed by atoms with E-state index in [0.29, 0.717) is 23.0 Å². The predicted molar refractivity (Wildman–Crippen MR) is 78.9 cm³/mol. The molecule has 1 aliphatic heterocycles. The van der Waals surface area contributed by atoms with Gasteiger partial charge in [0.15, 0.2) is 12.4 Å². The van der Waals surface area contributed by atoms with Crippen molar-refractivity contribution in [2.75, 3.05) is 19.7 Å². The van der Waals surface area contributed by atoms with Crippen LogP contribution in [0.15, 0.2) is 18.2 Å². The van der Waals surface area contributed by atoms with Crippen LogP contribution < -0.4 is 4.74 Å². The van der Waals surface area contributed by atoms with Crippen molar-refractivity contribution in [2.24, 2.45) is 5.41 Å². The number of amides is 1. The fourth-order valence-corrected chi connectivity index (χ4v) is 2.70. The van der Waals surface area contributed by atoms with Gasteiger partial charge in [0.1, 0.15) is 0 Å². The SMILES string of the molecule is CC1(C(=O)O)CCN(C(=O)COc2c(Cl)cccc2Cl)C1. The molecule has 1 atom stereocenters. The monoisotopic (exact) mass is 331 g/mol. The van der Waals surface area contributed by atoms with Crippen molar-refractivity contribution in [3.63, 3.8) is 0 Å². The number of likely N-dealkylation sites (tertiary alicyclic amines) is 1. The molecule has 1 heterocycles. The van der Waals surface area contributed by atoms with Gasteiger partial charge in [0.05, 0.1) is 15.5 Å². The Labute approximate surface area is 132 Å². The Morgan fingerprint density at radius 2 is 2.00 bits per heavy atom. The smallest absolute Gasteiger partial charge is 0.311 e. The van der Waals surface area contributed by atoms with E-state index in [0.717, 1.165) is 0 Å². The average molecular weight is 332 g/mol. The van der Waals surface area contributed by atoms with Gasteiger partial charge in [0.2, 0.25) is 0 Å². The molecule has 7 heteroatoms. The van der Waals surface area contributed by atoms with Gasteiger partial charge in [-0.2, -0.15) is 0 Å². The fraction of sp³-hybridized carbons (Fsp3) is 0.429. The van der Waals surface area contributed by atoms with Crippen molar-refractivity contribution in [2.45, 2.75) is 13.3 Å². The number of carboxylic acids is 1. The van der Waals surface area contributed by atoms with Gasteiger partial charge < -0.3 is 14.7 Å². The summed E-state index contributed by atoms with van der Waals surface area (Å²) < 4.78 is 5.37. The number of hydrogen-bond donors (Lipinski definition) is 1. The lowest BCUT2D eigenvalue weighted by Gasteiger charge is -2.20. The standard InChI is InChI=1S/C14H15Cl2NO4/c1-14(13(19)20)5-6-17(8-14)11(18)7-21-12-9(15)3-2-4-10(12)16/h2-4H,5-8H2,1H3,(H,19,20). The summed E-state index contributed by atoms with van der Waals surface area (Å²) in [5.74, 6) is -0.918. The molecular formula is C14H15Cl2NO4. The molecule has 1 amide bonds. The molecule has 1 aromatic rings. The van der Waals surface area contributed by atoms with E-state index in [1.165, 1.54) is 4.90 Å². The fourth-order valence-electron chi connectivity index (χ4n) is 2.19. The highest BCUT2D eigenvalue weighted by Gasteiger charge is 2.42. The molecule has 0 bridgehead atoms. The number of benzene rings is 1. The molecule has 1 aliphatic rings. The van der Waals surface area contributed by atoms with Gasteiger partial charge >= 0.3 is 5.97 Å². The minimum Gasteiger partial charge on any atom is -0.481 e. The summed E-state index contributed by atoms with van der Waals surface area (Å²) in [6, 6.07) is 4.91. The maximum absolute atomic E-state index is 12.1. The van der Waals surface area contributed by atoms with Crippen molar-refractivity contribution in [3.8, 4) is 5.75 Å². The van der Waals surface area contributed by atoms with Gasteiger partial charge in [-0.15, -0.1) is 0 Å². The minimum atomic E-state index is -0.895. The Hall–Kier alpha value is -1.46. The molecule has 114 valence electrons. The normalized spacial score (nSPS) is 21.4. The van der Waals surface area contributed by atoms with E-state index in [-0.39, 0.29) is 24.8 Å². The molecule has 0 aliphatic carbocycles. The first-order valence-corrected chi connectivity index (χ1v) is 7.17. The summed E-state index contributed by atoms with van der Waals surface area (Å²) in [7, 11) is 0. The van der Waals surface area contributed by atoms with Gasteiger partial charge in [-0.3, -0.25) is 9.59 Å². The molecule has 0 spiro atoms. The van der Waals surface area contributed by atoms with Crippen LogP contribution in [0.4, 0.5) is 0 Å². The molecule has 1 N–H and O–H groups in total. The Kier molecular flexibility index (Phi) is 4.64. The Morgan fingerprint density at radius 3 is 2.52 bits per heavy atom. The summed E-state index contributed by atoms with van der Waals surface area (Å²) in [6.07, 6.45) is 0.431. The minimum absolute atomic E-state index is 0.181. The topological polar surface area (TPSA) is 66.8 Å². The van der Waals surface area contributed by atoms with E-state index in [9.17, 15) is 9.59 Å². The van der Waals surface area contributed by atoms with Gasteiger partial charge in [0, 0.05) is 13.1 Å². The summed E-state index contributed by atoms with van der Waals surface area (Å²) in [6.45, 7) is 2.00. The number of aliphatic carboxylic acids is 1. The number of rotatable bonds is 4. The third kappa shape index (κ3) is 3.41. The highest BCUT2D eigenvalue weighted by molar-refractivity contribution is 6.37. The number of carboxylic acid groups (broad SMARTS) is 1. The molecule has 5 nitrogen and oxygen atoms in total. The molecule has 1 fully saturated rings. The van der Waals surface area contributed by atoms with Crippen LogP contribution in [0.3, 0.4) is 0 Å². The van der Waals surface area contributed by atoms with Crippen molar-refractivity contribution in [1.29, 1.82) is 0 Å². The number of para-hydroxylation sites is 1. The second-order valence-corrected chi connectivity index (χ2v) is 6.08. The van der Waals surface area contributed by atoms with Gasteiger partial charge in [-0.05, 0) is 25.5 Å². The number of carbonyl (C=O) groups is 2. The van der Waals surface area contributed by atoms with E-state index < -0.39 is 11.4 Å². The van der Waals surface area contributed by atoms with E-state index in [1.54, 1.807) is 25.1 Å². The molecule has 1 aromatic carbocycles.